The molecule has 3 aromatic carbocycles. The van der Waals surface area contributed by atoms with E-state index in [-0.39, 0.29) is 6.16 Å². The van der Waals surface area contributed by atoms with Crippen LogP contribution in [0, 0.1) is 0 Å². The van der Waals surface area contributed by atoms with Crippen molar-refractivity contribution in [1.29, 1.82) is 0 Å². The Balaban J connectivity index is 1.60. The molecule has 0 amide bonds. The monoisotopic (exact) mass is 491 g/mol. The maximum Gasteiger partial charge on any atom is 0.327 e. The highest BCUT2D eigenvalue weighted by Crippen LogP contribution is 2.39. The Kier molecular flexibility index (Phi) is 8.45. The first-order valence-electron chi connectivity index (χ1n) is 10.2. The van der Waals surface area contributed by atoms with Crippen molar-refractivity contribution in [3.05, 3.63) is 88.9 Å². The molecule has 1 atom stereocenters. The van der Waals surface area contributed by atoms with Crippen LogP contribution in [-0.2, 0) is 17.6 Å². The van der Waals surface area contributed by atoms with Crippen molar-refractivity contribution in [2.24, 2.45) is 5.73 Å². The van der Waals surface area contributed by atoms with Gasteiger partial charge in [0.25, 0.3) is 0 Å². The van der Waals surface area contributed by atoms with Gasteiger partial charge >= 0.3 is 7.60 Å². The smallest absolute Gasteiger partial charge is 0.327 e. The van der Waals surface area contributed by atoms with E-state index >= 15 is 0 Å². The topological polar surface area (TPSA) is 92.8 Å². The molecular weight excluding hydrogens is 465 g/mol. The second-order valence-electron chi connectivity index (χ2n) is 8.08. The van der Waals surface area contributed by atoms with E-state index < -0.39 is 13.1 Å². The van der Waals surface area contributed by atoms with Gasteiger partial charge in [-0.05, 0) is 61.2 Å². The van der Waals surface area contributed by atoms with Gasteiger partial charge < -0.3 is 20.3 Å². The largest absolute Gasteiger partial charge is 0.489 e. The Morgan fingerprint density at radius 1 is 1.03 bits per heavy atom. The first kappa shape index (κ1) is 24.8. The van der Waals surface area contributed by atoms with Crippen LogP contribution in [-0.4, -0.2) is 21.5 Å². The molecule has 5 nitrogen and oxygen atoms in total. The fraction of sp³-hybridized carbons (Fsp3) is 0.250. The number of aryl methyl sites for hydroxylation is 1. The molecule has 170 valence electrons. The van der Waals surface area contributed by atoms with Crippen molar-refractivity contribution >= 4 is 31.0 Å². The van der Waals surface area contributed by atoms with Crippen molar-refractivity contribution in [2.75, 3.05) is 6.16 Å². The molecule has 0 aliphatic carbocycles. The van der Waals surface area contributed by atoms with E-state index in [4.69, 9.17) is 22.1 Å². The Morgan fingerprint density at radius 3 is 2.44 bits per heavy atom. The van der Waals surface area contributed by atoms with E-state index in [0.717, 1.165) is 26.7 Å². The summed E-state index contributed by atoms with van der Waals surface area (Å²) < 4.78 is 17.2. The van der Waals surface area contributed by atoms with Crippen LogP contribution in [0.25, 0.3) is 0 Å². The summed E-state index contributed by atoms with van der Waals surface area (Å²) in [5, 5.41) is 0.610. The maximum atomic E-state index is 11.3. The molecule has 3 aromatic rings. The van der Waals surface area contributed by atoms with Gasteiger partial charge in [-0.1, -0.05) is 65.8 Å². The predicted octanol–water partition coefficient (Wildman–Crippen LogP) is 5.90. The predicted molar refractivity (Wildman–Crippen MR) is 131 cm³/mol. The van der Waals surface area contributed by atoms with Crippen LogP contribution in [0.1, 0.15) is 24.5 Å². The van der Waals surface area contributed by atoms with Gasteiger partial charge in [0.05, 0.1) is 6.16 Å². The summed E-state index contributed by atoms with van der Waals surface area (Å²) in [6, 6.07) is 23.8. The Hall–Kier alpha value is -1.79. The number of hydrogen-bond acceptors (Lipinski definition) is 4. The van der Waals surface area contributed by atoms with Crippen LogP contribution in [0.3, 0.4) is 0 Å². The lowest BCUT2D eigenvalue weighted by Crippen LogP contribution is -2.40. The summed E-state index contributed by atoms with van der Waals surface area (Å²) in [4.78, 5) is 20.4. The molecule has 0 aromatic heterocycles. The molecule has 32 heavy (non-hydrogen) atoms. The number of benzene rings is 3. The van der Waals surface area contributed by atoms with Crippen molar-refractivity contribution in [1.82, 2.24) is 0 Å². The second-order valence-corrected chi connectivity index (χ2v) is 11.3. The highest BCUT2D eigenvalue weighted by molar-refractivity contribution is 7.99. The molecule has 0 saturated heterocycles. The SMILES string of the molecule is CC(N)(CCc1ccc(Sc2cccc(OCc3ccccc3)c2)cc1Cl)CP(=O)(O)O. The minimum absolute atomic E-state index is 0.353. The average Bonchev–Trinajstić information content (AvgIpc) is 2.71. The first-order valence-corrected chi connectivity index (χ1v) is 13.2. The van der Waals surface area contributed by atoms with E-state index in [2.05, 4.69) is 0 Å². The zero-order valence-corrected chi connectivity index (χ0v) is 20.2. The van der Waals surface area contributed by atoms with Crippen LogP contribution >= 0.6 is 31.0 Å². The van der Waals surface area contributed by atoms with E-state index in [1.165, 1.54) is 0 Å². The van der Waals surface area contributed by atoms with E-state index in [1.807, 2.05) is 72.8 Å². The van der Waals surface area contributed by atoms with Gasteiger partial charge in [0.1, 0.15) is 12.4 Å². The summed E-state index contributed by atoms with van der Waals surface area (Å²) in [7, 11) is -4.17. The van der Waals surface area contributed by atoms with E-state index in [1.54, 1.807) is 18.7 Å². The molecule has 0 spiro atoms. The normalized spacial score (nSPS) is 13.5. The third kappa shape index (κ3) is 8.28. The lowest BCUT2D eigenvalue weighted by molar-refractivity contribution is 0.305. The van der Waals surface area contributed by atoms with Crippen LogP contribution < -0.4 is 10.5 Å². The molecular formula is C24H27ClNO4PS. The van der Waals surface area contributed by atoms with E-state index in [9.17, 15) is 14.4 Å². The zero-order valence-electron chi connectivity index (χ0n) is 17.8. The maximum absolute atomic E-state index is 11.3. The minimum atomic E-state index is -4.17. The van der Waals surface area contributed by atoms with Crippen molar-refractivity contribution in [2.45, 2.75) is 41.7 Å². The highest BCUT2D eigenvalue weighted by atomic mass is 35.5. The molecule has 0 bridgehead atoms. The third-order valence-corrected chi connectivity index (χ3v) is 7.31. The third-order valence-electron chi connectivity index (χ3n) is 4.85. The molecule has 0 heterocycles. The fourth-order valence-corrected chi connectivity index (χ4v) is 5.61. The molecule has 0 aliphatic rings. The number of nitrogens with two attached hydrogens (primary N) is 1. The van der Waals surface area contributed by atoms with Gasteiger partial charge in [-0.3, -0.25) is 4.57 Å². The molecule has 8 heteroatoms. The van der Waals surface area contributed by atoms with Crippen LogP contribution in [0.4, 0.5) is 0 Å². The van der Waals surface area contributed by atoms with Crippen molar-refractivity contribution in [3.63, 3.8) is 0 Å². The molecule has 0 fully saturated rings. The van der Waals surface area contributed by atoms with Gasteiger partial charge in [0.2, 0.25) is 0 Å². The van der Waals surface area contributed by atoms with Crippen LogP contribution in [0.5, 0.6) is 5.75 Å². The molecule has 1 unspecified atom stereocenters. The van der Waals surface area contributed by atoms with E-state index in [0.29, 0.717) is 24.5 Å². The molecule has 0 aliphatic heterocycles. The summed E-state index contributed by atoms with van der Waals surface area (Å²) in [6.07, 6.45) is 0.610. The first-order chi connectivity index (χ1) is 15.1. The number of hydrogen-bond donors (Lipinski definition) is 3. The molecule has 0 saturated carbocycles. The lowest BCUT2D eigenvalue weighted by atomic mass is 9.96. The summed E-state index contributed by atoms with van der Waals surface area (Å²) in [5.74, 6) is 0.800. The Labute approximate surface area is 198 Å². The summed E-state index contributed by atoms with van der Waals surface area (Å²) >= 11 is 8.06. The highest BCUT2D eigenvalue weighted by Gasteiger charge is 2.28. The fourth-order valence-electron chi connectivity index (χ4n) is 3.27. The lowest BCUT2D eigenvalue weighted by Gasteiger charge is -2.25. The quantitative estimate of drug-likeness (QED) is 0.306. The van der Waals surface area contributed by atoms with Gasteiger partial charge in [-0.2, -0.15) is 0 Å². The zero-order chi connectivity index (χ0) is 23.2. The van der Waals surface area contributed by atoms with Crippen molar-refractivity contribution in [3.8, 4) is 5.75 Å². The number of halogens is 1. The van der Waals surface area contributed by atoms with Crippen LogP contribution in [0.2, 0.25) is 5.02 Å². The average molecular weight is 492 g/mol. The number of ether oxygens (including phenoxy) is 1. The molecule has 3 rings (SSSR count). The van der Waals surface area contributed by atoms with Crippen molar-refractivity contribution < 1.29 is 19.1 Å². The van der Waals surface area contributed by atoms with Gasteiger partial charge in [-0.25, -0.2) is 0 Å². The van der Waals surface area contributed by atoms with Gasteiger partial charge in [-0.15, -0.1) is 0 Å². The number of rotatable bonds is 10. The summed E-state index contributed by atoms with van der Waals surface area (Å²) in [6.45, 7) is 2.16. The second kappa shape index (κ2) is 10.9. The summed E-state index contributed by atoms with van der Waals surface area (Å²) in [5.41, 5.74) is 7.11. The Morgan fingerprint density at radius 2 is 1.75 bits per heavy atom. The molecule has 4 N–H and O–H groups in total. The standard InChI is InChI=1S/C24H27ClNO4PS/c1-24(26,17-31(27,28)29)13-12-19-10-11-22(15-23(19)25)32-21-9-5-8-20(14-21)30-16-18-6-3-2-4-7-18/h2-11,14-15H,12-13,16-17,26H2,1H3,(H2,27,28,29). The minimum Gasteiger partial charge on any atom is -0.489 e. The van der Waals surface area contributed by atoms with Gasteiger partial charge in [0.15, 0.2) is 0 Å². The van der Waals surface area contributed by atoms with Crippen LogP contribution in [0.15, 0.2) is 82.6 Å². The Bertz CT molecular complexity index is 1090. The van der Waals surface area contributed by atoms with Gasteiger partial charge in [0, 0.05) is 20.4 Å². The molecule has 0 radical (unpaired) electrons.